The molecule has 6 nitrogen and oxygen atoms in total. The van der Waals surface area contributed by atoms with Crippen molar-refractivity contribution in [2.24, 2.45) is 5.73 Å². The molecule has 0 bridgehead atoms. The predicted molar refractivity (Wildman–Crippen MR) is 78.7 cm³/mol. The predicted octanol–water partition coefficient (Wildman–Crippen LogP) is 1.89. The smallest absolute Gasteiger partial charge is 0.407 e. The quantitative estimate of drug-likeness (QED) is 0.604. The Bertz CT molecular complexity index is 437. The SMILES string of the molecule is N[C@H](CCCCCNC(=O)OCc1ccccc1)C(=O)O. The van der Waals surface area contributed by atoms with Gasteiger partial charge in [0, 0.05) is 6.54 Å². The molecule has 0 unspecified atom stereocenters. The highest BCUT2D eigenvalue weighted by atomic mass is 16.5. The van der Waals surface area contributed by atoms with Crippen LogP contribution in [0.4, 0.5) is 4.79 Å². The number of benzene rings is 1. The van der Waals surface area contributed by atoms with E-state index in [2.05, 4.69) is 5.32 Å². The Morgan fingerprint density at radius 3 is 2.57 bits per heavy atom. The Labute approximate surface area is 124 Å². The number of carboxylic acids is 1. The maximum atomic E-state index is 11.4. The van der Waals surface area contributed by atoms with Crippen LogP contribution >= 0.6 is 0 Å². The molecule has 21 heavy (non-hydrogen) atoms. The highest BCUT2D eigenvalue weighted by Crippen LogP contribution is 2.03. The van der Waals surface area contributed by atoms with Gasteiger partial charge in [0.05, 0.1) is 0 Å². The zero-order valence-corrected chi connectivity index (χ0v) is 12.0. The third kappa shape index (κ3) is 7.94. The van der Waals surface area contributed by atoms with Gasteiger partial charge in [0.25, 0.3) is 0 Å². The van der Waals surface area contributed by atoms with Crippen molar-refractivity contribution < 1.29 is 19.4 Å². The topological polar surface area (TPSA) is 102 Å². The first-order chi connectivity index (χ1) is 10.1. The number of carbonyl (C=O) groups is 2. The second-order valence-corrected chi connectivity index (χ2v) is 4.78. The Balaban J connectivity index is 2.00. The Morgan fingerprint density at radius 2 is 1.90 bits per heavy atom. The van der Waals surface area contributed by atoms with Gasteiger partial charge in [-0.2, -0.15) is 0 Å². The van der Waals surface area contributed by atoms with Gasteiger partial charge in [-0.3, -0.25) is 4.79 Å². The zero-order chi connectivity index (χ0) is 15.5. The molecule has 1 amide bonds. The highest BCUT2D eigenvalue weighted by molar-refractivity contribution is 5.72. The molecule has 1 atom stereocenters. The number of aliphatic carboxylic acids is 1. The van der Waals surface area contributed by atoms with Crippen molar-refractivity contribution in [2.45, 2.75) is 38.3 Å². The first-order valence-corrected chi connectivity index (χ1v) is 7.02. The number of rotatable bonds is 9. The summed E-state index contributed by atoms with van der Waals surface area (Å²) in [6.07, 6.45) is 2.33. The summed E-state index contributed by atoms with van der Waals surface area (Å²) in [7, 11) is 0. The molecule has 0 aromatic heterocycles. The second-order valence-electron chi connectivity index (χ2n) is 4.78. The lowest BCUT2D eigenvalue weighted by Crippen LogP contribution is -2.29. The molecular weight excluding hydrogens is 272 g/mol. The molecule has 0 aliphatic carbocycles. The summed E-state index contributed by atoms with van der Waals surface area (Å²) in [6.45, 7) is 0.760. The first kappa shape index (κ1) is 17.0. The van der Waals surface area contributed by atoms with Crippen LogP contribution in [0.15, 0.2) is 30.3 Å². The molecule has 6 heteroatoms. The molecule has 0 heterocycles. The zero-order valence-electron chi connectivity index (χ0n) is 12.0. The largest absolute Gasteiger partial charge is 0.480 e. The summed E-state index contributed by atoms with van der Waals surface area (Å²) in [6, 6.07) is 8.66. The minimum Gasteiger partial charge on any atom is -0.480 e. The summed E-state index contributed by atoms with van der Waals surface area (Å²) in [5.41, 5.74) is 6.33. The molecule has 0 aliphatic rings. The van der Waals surface area contributed by atoms with Crippen LogP contribution in [0.25, 0.3) is 0 Å². The minimum absolute atomic E-state index is 0.250. The van der Waals surface area contributed by atoms with Gasteiger partial charge in [-0.1, -0.05) is 43.2 Å². The molecule has 1 rings (SSSR count). The number of hydrogen-bond acceptors (Lipinski definition) is 4. The van der Waals surface area contributed by atoms with E-state index < -0.39 is 18.1 Å². The van der Waals surface area contributed by atoms with Gasteiger partial charge in [0.2, 0.25) is 0 Å². The lowest BCUT2D eigenvalue weighted by molar-refractivity contribution is -0.138. The van der Waals surface area contributed by atoms with E-state index in [1.807, 2.05) is 30.3 Å². The van der Waals surface area contributed by atoms with Crippen molar-refractivity contribution in [3.63, 3.8) is 0 Å². The van der Waals surface area contributed by atoms with Gasteiger partial charge in [-0.15, -0.1) is 0 Å². The molecule has 0 radical (unpaired) electrons. The molecule has 0 saturated carbocycles. The number of unbranched alkanes of at least 4 members (excludes halogenated alkanes) is 2. The fourth-order valence-electron chi connectivity index (χ4n) is 1.75. The molecule has 1 aromatic carbocycles. The number of nitrogens with two attached hydrogens (primary N) is 1. The Hall–Kier alpha value is -2.08. The molecule has 0 spiro atoms. The summed E-state index contributed by atoms with van der Waals surface area (Å²) < 4.78 is 5.06. The van der Waals surface area contributed by atoms with Crippen LogP contribution in [-0.2, 0) is 16.1 Å². The fourth-order valence-corrected chi connectivity index (χ4v) is 1.75. The average molecular weight is 294 g/mol. The summed E-state index contributed by atoms with van der Waals surface area (Å²) in [4.78, 5) is 21.9. The summed E-state index contributed by atoms with van der Waals surface area (Å²) in [5, 5.41) is 11.3. The van der Waals surface area contributed by atoms with Crippen molar-refractivity contribution in [3.05, 3.63) is 35.9 Å². The maximum absolute atomic E-state index is 11.4. The number of amides is 1. The van der Waals surface area contributed by atoms with Gasteiger partial charge in [0.1, 0.15) is 12.6 Å². The van der Waals surface area contributed by atoms with Crippen LogP contribution in [0.1, 0.15) is 31.2 Å². The average Bonchev–Trinajstić information content (AvgIpc) is 2.49. The minimum atomic E-state index is -0.974. The van der Waals surface area contributed by atoms with Crippen molar-refractivity contribution in [3.8, 4) is 0 Å². The molecule has 0 fully saturated rings. The molecule has 1 aromatic rings. The van der Waals surface area contributed by atoms with Crippen LogP contribution in [-0.4, -0.2) is 29.8 Å². The summed E-state index contributed by atoms with van der Waals surface area (Å²) >= 11 is 0. The Morgan fingerprint density at radius 1 is 1.19 bits per heavy atom. The van der Waals surface area contributed by atoms with E-state index in [0.29, 0.717) is 13.0 Å². The number of alkyl carbamates (subject to hydrolysis) is 1. The van der Waals surface area contributed by atoms with Crippen LogP contribution in [0.5, 0.6) is 0 Å². The maximum Gasteiger partial charge on any atom is 0.407 e. The van der Waals surface area contributed by atoms with Gasteiger partial charge < -0.3 is 20.9 Å². The third-order valence-corrected chi connectivity index (χ3v) is 2.99. The van der Waals surface area contributed by atoms with Gasteiger partial charge >= 0.3 is 12.1 Å². The second kappa shape index (κ2) is 9.77. The van der Waals surface area contributed by atoms with Crippen LogP contribution in [0, 0.1) is 0 Å². The van der Waals surface area contributed by atoms with Crippen molar-refractivity contribution in [1.82, 2.24) is 5.32 Å². The van der Waals surface area contributed by atoms with E-state index >= 15 is 0 Å². The molecule has 116 valence electrons. The van der Waals surface area contributed by atoms with E-state index in [4.69, 9.17) is 15.6 Å². The Kier molecular flexibility index (Phi) is 7.89. The fraction of sp³-hybridized carbons (Fsp3) is 0.467. The van der Waals surface area contributed by atoms with E-state index in [1.165, 1.54) is 0 Å². The third-order valence-electron chi connectivity index (χ3n) is 2.99. The monoisotopic (exact) mass is 294 g/mol. The van der Waals surface area contributed by atoms with E-state index in [-0.39, 0.29) is 6.61 Å². The first-order valence-electron chi connectivity index (χ1n) is 7.02. The van der Waals surface area contributed by atoms with Crippen molar-refractivity contribution in [1.29, 1.82) is 0 Å². The van der Waals surface area contributed by atoms with Crippen molar-refractivity contribution >= 4 is 12.1 Å². The van der Waals surface area contributed by atoms with E-state index in [1.54, 1.807) is 0 Å². The number of carboxylic acid groups (broad SMARTS) is 1. The van der Waals surface area contributed by atoms with E-state index in [0.717, 1.165) is 24.8 Å². The normalized spacial score (nSPS) is 11.7. The molecule has 0 aliphatic heterocycles. The lowest BCUT2D eigenvalue weighted by atomic mass is 10.1. The molecule has 0 saturated heterocycles. The number of carbonyl (C=O) groups excluding carboxylic acids is 1. The molecular formula is C15H22N2O4. The number of ether oxygens (including phenoxy) is 1. The van der Waals surface area contributed by atoms with Crippen LogP contribution in [0.3, 0.4) is 0 Å². The lowest BCUT2D eigenvalue weighted by Gasteiger charge is -2.08. The van der Waals surface area contributed by atoms with Crippen LogP contribution < -0.4 is 11.1 Å². The van der Waals surface area contributed by atoms with Crippen molar-refractivity contribution in [2.75, 3.05) is 6.54 Å². The van der Waals surface area contributed by atoms with E-state index in [9.17, 15) is 9.59 Å². The van der Waals surface area contributed by atoms with Gasteiger partial charge in [-0.05, 0) is 18.4 Å². The standard InChI is InChI=1S/C15H22N2O4/c16-13(14(18)19)9-5-2-6-10-17-15(20)21-11-12-7-3-1-4-8-12/h1,3-4,7-8,13H,2,5-6,9-11,16H2,(H,17,20)(H,18,19)/t13-/m1/s1. The number of nitrogens with one attached hydrogen (secondary N) is 1. The van der Waals surface area contributed by atoms with Gasteiger partial charge in [-0.25, -0.2) is 4.79 Å². The number of hydrogen-bond donors (Lipinski definition) is 3. The summed E-state index contributed by atoms with van der Waals surface area (Å²) in [5.74, 6) is -0.974. The molecule has 4 N–H and O–H groups in total. The highest BCUT2D eigenvalue weighted by Gasteiger charge is 2.10. The van der Waals surface area contributed by atoms with Gasteiger partial charge in [0.15, 0.2) is 0 Å². The van der Waals surface area contributed by atoms with Crippen LogP contribution in [0.2, 0.25) is 0 Å².